The van der Waals surface area contributed by atoms with E-state index >= 15 is 0 Å². The number of aromatic nitrogens is 1. The average molecular weight is 397 g/mol. The molecule has 0 unspecified atom stereocenters. The van der Waals surface area contributed by atoms with E-state index in [2.05, 4.69) is 4.98 Å². The van der Waals surface area contributed by atoms with Crippen LogP contribution >= 0.6 is 0 Å². The molecule has 0 saturated heterocycles. The zero-order valence-electron chi connectivity index (χ0n) is 15.5. The molecule has 1 aromatic heterocycles. The minimum Gasteiger partial charge on any atom is -0.497 e. The molecule has 28 heavy (non-hydrogen) atoms. The van der Waals surface area contributed by atoms with Gasteiger partial charge in [-0.05, 0) is 35.9 Å². The zero-order chi connectivity index (χ0) is 20.1. The second-order valence-corrected chi connectivity index (χ2v) is 8.23. The molecule has 0 bridgehead atoms. The summed E-state index contributed by atoms with van der Waals surface area (Å²) in [5, 5.41) is 9.14. The van der Waals surface area contributed by atoms with Crippen LogP contribution in [0.4, 0.5) is 0 Å². The van der Waals surface area contributed by atoms with Gasteiger partial charge in [0.15, 0.2) is 0 Å². The monoisotopic (exact) mass is 397 g/mol. The summed E-state index contributed by atoms with van der Waals surface area (Å²) >= 11 is 0. The number of nitriles is 1. The first-order valence-electron chi connectivity index (χ1n) is 8.44. The highest BCUT2D eigenvalue weighted by Crippen LogP contribution is 2.23. The Morgan fingerprint density at radius 2 is 1.89 bits per heavy atom. The van der Waals surface area contributed by atoms with Gasteiger partial charge >= 0.3 is 0 Å². The van der Waals surface area contributed by atoms with Crippen LogP contribution in [0.3, 0.4) is 0 Å². The van der Waals surface area contributed by atoms with E-state index in [9.17, 15) is 8.42 Å². The van der Waals surface area contributed by atoms with E-state index < -0.39 is 10.0 Å². The fourth-order valence-electron chi connectivity index (χ4n) is 2.63. The van der Waals surface area contributed by atoms with E-state index in [-0.39, 0.29) is 12.3 Å². The molecule has 0 aliphatic carbocycles. The Morgan fingerprint density at radius 1 is 1.18 bits per heavy atom. The number of nitrogens with zero attached hydrogens (tertiary/aromatic N) is 3. The van der Waals surface area contributed by atoms with Crippen LogP contribution in [0.25, 0.3) is 11.5 Å². The van der Waals surface area contributed by atoms with E-state index in [0.717, 1.165) is 11.3 Å². The summed E-state index contributed by atoms with van der Waals surface area (Å²) in [6.45, 7) is 0.0662. The zero-order valence-corrected chi connectivity index (χ0v) is 16.3. The molecule has 0 aliphatic heterocycles. The molecule has 0 radical (unpaired) electrons. The number of sulfonamides is 1. The molecule has 8 heteroatoms. The van der Waals surface area contributed by atoms with Crippen molar-refractivity contribution >= 4 is 10.0 Å². The fourth-order valence-corrected chi connectivity index (χ4v) is 3.83. The van der Waals surface area contributed by atoms with Crippen LogP contribution < -0.4 is 4.74 Å². The Kier molecular flexibility index (Phi) is 5.78. The summed E-state index contributed by atoms with van der Waals surface area (Å²) < 4.78 is 37.1. The third kappa shape index (κ3) is 4.39. The van der Waals surface area contributed by atoms with Crippen molar-refractivity contribution in [1.82, 2.24) is 9.29 Å². The second-order valence-electron chi connectivity index (χ2n) is 6.15. The first-order valence-corrected chi connectivity index (χ1v) is 10.0. The van der Waals surface area contributed by atoms with Gasteiger partial charge in [-0.2, -0.15) is 9.57 Å². The molecule has 3 aromatic rings. The van der Waals surface area contributed by atoms with Gasteiger partial charge in [-0.15, -0.1) is 0 Å². The summed E-state index contributed by atoms with van der Waals surface area (Å²) in [5.41, 5.74) is 2.07. The predicted octanol–water partition coefficient (Wildman–Crippen LogP) is 3.18. The first kappa shape index (κ1) is 19.6. The number of ether oxygens (including phenoxy) is 1. The van der Waals surface area contributed by atoms with Gasteiger partial charge in [0.25, 0.3) is 0 Å². The number of hydrogen-bond donors (Lipinski definition) is 0. The fraction of sp³-hybridized carbons (Fsp3) is 0.200. The SMILES string of the molecule is COc1ccc(-c2nc(CN(C)S(=O)(=O)Cc3ccccc3C#N)co2)cc1. The summed E-state index contributed by atoms with van der Waals surface area (Å²) in [7, 11) is -0.559. The first-order chi connectivity index (χ1) is 13.4. The van der Waals surface area contributed by atoms with Crippen molar-refractivity contribution in [2.45, 2.75) is 12.3 Å². The van der Waals surface area contributed by atoms with Gasteiger partial charge in [-0.3, -0.25) is 0 Å². The number of rotatable bonds is 7. The highest BCUT2D eigenvalue weighted by atomic mass is 32.2. The molecule has 144 valence electrons. The molecular formula is C20H19N3O4S. The van der Waals surface area contributed by atoms with Crippen LogP contribution in [0, 0.1) is 11.3 Å². The molecule has 0 N–H and O–H groups in total. The second kappa shape index (κ2) is 8.25. The summed E-state index contributed by atoms with van der Waals surface area (Å²) in [4.78, 5) is 4.36. The Bertz CT molecular complexity index is 1100. The minimum absolute atomic E-state index is 0.0662. The smallest absolute Gasteiger partial charge is 0.226 e. The van der Waals surface area contributed by atoms with Crippen LogP contribution in [0.2, 0.25) is 0 Å². The lowest BCUT2D eigenvalue weighted by Crippen LogP contribution is -2.28. The Morgan fingerprint density at radius 3 is 2.57 bits per heavy atom. The van der Waals surface area contributed by atoms with Gasteiger partial charge in [0, 0.05) is 12.6 Å². The molecule has 1 heterocycles. The molecule has 0 fully saturated rings. The van der Waals surface area contributed by atoms with Crippen LogP contribution in [0.1, 0.15) is 16.8 Å². The third-order valence-electron chi connectivity index (χ3n) is 4.22. The van der Waals surface area contributed by atoms with E-state index in [1.54, 1.807) is 43.5 Å². The molecule has 3 rings (SSSR count). The van der Waals surface area contributed by atoms with Crippen molar-refractivity contribution in [3.05, 3.63) is 71.6 Å². The Hall–Kier alpha value is -3.15. The molecule has 7 nitrogen and oxygen atoms in total. The molecule has 0 saturated carbocycles. The van der Waals surface area contributed by atoms with E-state index in [4.69, 9.17) is 14.4 Å². The van der Waals surface area contributed by atoms with Gasteiger partial charge in [0.2, 0.25) is 15.9 Å². The molecule has 0 amide bonds. The highest BCUT2D eigenvalue weighted by Gasteiger charge is 2.21. The molecule has 0 atom stereocenters. The van der Waals surface area contributed by atoms with E-state index in [1.807, 2.05) is 18.2 Å². The minimum atomic E-state index is -3.62. The lowest BCUT2D eigenvalue weighted by molar-refractivity contribution is 0.415. The van der Waals surface area contributed by atoms with Crippen molar-refractivity contribution in [3.8, 4) is 23.3 Å². The molecule has 0 aliphatic rings. The van der Waals surface area contributed by atoms with Crippen LogP contribution in [-0.2, 0) is 22.3 Å². The van der Waals surface area contributed by atoms with Gasteiger partial charge in [-0.25, -0.2) is 13.4 Å². The van der Waals surface area contributed by atoms with Crippen LogP contribution in [-0.4, -0.2) is 31.9 Å². The lowest BCUT2D eigenvalue weighted by atomic mass is 10.1. The van der Waals surface area contributed by atoms with Gasteiger partial charge in [-0.1, -0.05) is 18.2 Å². The van der Waals surface area contributed by atoms with Crippen molar-refractivity contribution in [2.24, 2.45) is 0 Å². The number of benzene rings is 2. The third-order valence-corrected chi connectivity index (χ3v) is 5.98. The summed E-state index contributed by atoms with van der Waals surface area (Å²) in [5.74, 6) is 0.869. The molecular weight excluding hydrogens is 378 g/mol. The molecule has 2 aromatic carbocycles. The maximum atomic E-state index is 12.7. The number of hydrogen-bond acceptors (Lipinski definition) is 6. The number of oxazole rings is 1. The predicted molar refractivity (Wildman–Crippen MR) is 104 cm³/mol. The normalized spacial score (nSPS) is 11.4. The average Bonchev–Trinajstić information content (AvgIpc) is 3.16. The molecule has 0 spiro atoms. The largest absolute Gasteiger partial charge is 0.497 e. The summed E-state index contributed by atoms with van der Waals surface area (Å²) in [6, 6.07) is 15.9. The maximum absolute atomic E-state index is 12.7. The standard InChI is InChI=1S/C20H19N3O4S/c1-23(28(24,25)14-17-6-4-3-5-16(17)11-21)12-18-13-27-20(22-18)15-7-9-19(26-2)10-8-15/h3-10,13H,12,14H2,1-2H3. The van der Waals surface area contributed by atoms with Crippen molar-refractivity contribution in [3.63, 3.8) is 0 Å². The Balaban J connectivity index is 1.72. The summed E-state index contributed by atoms with van der Waals surface area (Å²) in [6.07, 6.45) is 1.44. The van der Waals surface area contributed by atoms with Crippen LogP contribution in [0.5, 0.6) is 5.75 Å². The lowest BCUT2D eigenvalue weighted by Gasteiger charge is -2.16. The van der Waals surface area contributed by atoms with E-state index in [1.165, 1.54) is 17.6 Å². The van der Waals surface area contributed by atoms with Crippen molar-refractivity contribution < 1.29 is 17.6 Å². The van der Waals surface area contributed by atoms with Crippen LogP contribution in [0.15, 0.2) is 59.2 Å². The van der Waals surface area contributed by atoms with Gasteiger partial charge in [0.05, 0.1) is 36.7 Å². The van der Waals surface area contributed by atoms with Gasteiger partial charge in [0.1, 0.15) is 12.0 Å². The highest BCUT2D eigenvalue weighted by molar-refractivity contribution is 7.88. The van der Waals surface area contributed by atoms with Crippen molar-refractivity contribution in [1.29, 1.82) is 5.26 Å². The van der Waals surface area contributed by atoms with Gasteiger partial charge < -0.3 is 9.15 Å². The number of methoxy groups -OCH3 is 1. The topological polar surface area (TPSA) is 96.4 Å². The maximum Gasteiger partial charge on any atom is 0.226 e. The quantitative estimate of drug-likeness (QED) is 0.607. The Labute approximate surface area is 163 Å². The van der Waals surface area contributed by atoms with Crippen molar-refractivity contribution in [2.75, 3.05) is 14.2 Å². The van der Waals surface area contributed by atoms with E-state index in [0.29, 0.717) is 22.7 Å².